The summed E-state index contributed by atoms with van der Waals surface area (Å²) in [6.45, 7) is 0. The molecule has 3 heteroatoms. The number of hydrogen-bond donors (Lipinski definition) is 0. The monoisotopic (exact) mass is 813 g/mol. The van der Waals surface area contributed by atoms with Crippen molar-refractivity contribution in [1.82, 2.24) is 15.0 Å². The lowest BCUT2D eigenvalue weighted by atomic mass is 9.85. The third-order valence-corrected chi connectivity index (χ3v) is 12.5. The van der Waals surface area contributed by atoms with Gasteiger partial charge in [0.05, 0.1) is 0 Å². The lowest BCUT2D eigenvalue weighted by Crippen LogP contribution is -2.01. The molecule has 0 unspecified atom stereocenters. The maximum Gasteiger partial charge on any atom is 0.164 e. The highest BCUT2D eigenvalue weighted by Gasteiger charge is 2.19. The van der Waals surface area contributed by atoms with Crippen molar-refractivity contribution in [3.8, 4) is 78.7 Å². The first kappa shape index (κ1) is 37.2. The largest absolute Gasteiger partial charge is 0.208 e. The van der Waals surface area contributed by atoms with Gasteiger partial charge in [0.15, 0.2) is 17.5 Å². The Hall–Kier alpha value is -8.53. The summed E-state index contributed by atoms with van der Waals surface area (Å²) in [6, 6.07) is 84.2. The van der Waals surface area contributed by atoms with Crippen molar-refractivity contribution < 1.29 is 0 Å². The normalized spacial score (nSPS) is 11.4. The quantitative estimate of drug-likeness (QED) is 0.150. The molecule has 0 aliphatic heterocycles. The number of nitrogens with zero attached hydrogens (tertiary/aromatic N) is 3. The number of hydrogen-bond acceptors (Lipinski definition) is 3. The fraction of sp³-hybridized carbons (Fsp3) is 0. The van der Waals surface area contributed by atoms with Crippen molar-refractivity contribution in [1.29, 1.82) is 0 Å². The predicted molar refractivity (Wildman–Crippen MR) is 268 cm³/mol. The Morgan fingerprint density at radius 2 is 0.562 bits per heavy atom. The Bertz CT molecular complexity index is 3640. The van der Waals surface area contributed by atoms with E-state index in [0.717, 1.165) is 43.8 Å². The maximum absolute atomic E-state index is 5.27. The van der Waals surface area contributed by atoms with E-state index in [9.17, 15) is 0 Å². The van der Waals surface area contributed by atoms with Gasteiger partial charge in [0.25, 0.3) is 0 Å². The summed E-state index contributed by atoms with van der Waals surface area (Å²) in [5.41, 5.74) is 12.4. The number of benzene rings is 11. The molecular weight excluding hydrogens is 775 g/mol. The first-order valence-corrected chi connectivity index (χ1v) is 21.8. The Labute approximate surface area is 371 Å². The Morgan fingerprint density at radius 3 is 1.14 bits per heavy atom. The standard InChI is InChI=1S/C61H39N3/c1-4-16-40(17-5-1)41-28-30-44(31-29-41)59-62-60(64-61(63-59)56-37-36-49(42-18-6-2-7-19-42)50-22-10-11-23-51(50)56)48-35-33-45-38-47(34-32-46(45)39-48)58-54-26-14-12-24-52(54)57(43-20-8-3-9-21-43)53-25-13-15-27-55(53)58/h1-39H. The van der Waals surface area contributed by atoms with Crippen molar-refractivity contribution in [3.63, 3.8) is 0 Å². The minimum Gasteiger partial charge on any atom is -0.208 e. The van der Waals surface area contributed by atoms with Gasteiger partial charge in [-0.2, -0.15) is 0 Å². The van der Waals surface area contributed by atoms with Crippen LogP contribution >= 0.6 is 0 Å². The van der Waals surface area contributed by atoms with Crippen molar-refractivity contribution in [2.45, 2.75) is 0 Å². The van der Waals surface area contributed by atoms with Crippen LogP contribution in [0.25, 0.3) is 122 Å². The highest BCUT2D eigenvalue weighted by atomic mass is 15.0. The predicted octanol–water partition coefficient (Wildman–Crippen LogP) is 16.2. The topological polar surface area (TPSA) is 38.7 Å². The van der Waals surface area contributed by atoms with Crippen molar-refractivity contribution in [2.24, 2.45) is 0 Å². The third-order valence-electron chi connectivity index (χ3n) is 12.5. The Morgan fingerprint density at radius 1 is 0.203 bits per heavy atom. The molecular formula is C61H39N3. The van der Waals surface area contributed by atoms with Crippen LogP contribution in [0.4, 0.5) is 0 Å². The molecule has 0 bridgehead atoms. The van der Waals surface area contributed by atoms with Gasteiger partial charge in [-0.1, -0.05) is 218 Å². The average molecular weight is 814 g/mol. The Kier molecular flexibility index (Phi) is 9.16. The van der Waals surface area contributed by atoms with Gasteiger partial charge in [-0.15, -0.1) is 0 Å². The van der Waals surface area contributed by atoms with Crippen LogP contribution in [0.5, 0.6) is 0 Å². The van der Waals surface area contributed by atoms with Gasteiger partial charge in [-0.3, -0.25) is 0 Å². The van der Waals surface area contributed by atoms with E-state index < -0.39 is 0 Å². The van der Waals surface area contributed by atoms with E-state index in [4.69, 9.17) is 15.0 Å². The lowest BCUT2D eigenvalue weighted by Gasteiger charge is -2.18. The smallest absolute Gasteiger partial charge is 0.164 e. The number of aromatic nitrogens is 3. The van der Waals surface area contributed by atoms with Crippen molar-refractivity contribution in [2.75, 3.05) is 0 Å². The molecule has 0 saturated heterocycles. The molecule has 12 aromatic rings. The van der Waals surface area contributed by atoms with Crippen LogP contribution in [0.2, 0.25) is 0 Å². The van der Waals surface area contributed by atoms with Gasteiger partial charge >= 0.3 is 0 Å². The van der Waals surface area contributed by atoms with Crippen LogP contribution < -0.4 is 0 Å². The summed E-state index contributed by atoms with van der Waals surface area (Å²) >= 11 is 0. The van der Waals surface area contributed by atoms with E-state index in [1.165, 1.54) is 60.5 Å². The van der Waals surface area contributed by atoms with Crippen molar-refractivity contribution in [3.05, 3.63) is 237 Å². The summed E-state index contributed by atoms with van der Waals surface area (Å²) in [6.07, 6.45) is 0. The van der Waals surface area contributed by atoms with Crippen molar-refractivity contribution >= 4 is 43.1 Å². The second-order valence-electron chi connectivity index (χ2n) is 16.3. The summed E-state index contributed by atoms with van der Waals surface area (Å²) in [5, 5.41) is 9.48. The molecule has 0 aliphatic carbocycles. The van der Waals surface area contributed by atoms with E-state index >= 15 is 0 Å². The molecule has 0 radical (unpaired) electrons. The van der Waals surface area contributed by atoms with E-state index in [-0.39, 0.29) is 0 Å². The van der Waals surface area contributed by atoms with Gasteiger partial charge in [0.2, 0.25) is 0 Å². The van der Waals surface area contributed by atoms with Gasteiger partial charge in [-0.25, -0.2) is 15.0 Å². The fourth-order valence-electron chi connectivity index (χ4n) is 9.46. The zero-order chi connectivity index (χ0) is 42.4. The maximum atomic E-state index is 5.27. The highest BCUT2D eigenvalue weighted by molar-refractivity contribution is 6.21. The van der Waals surface area contributed by atoms with Crippen LogP contribution in [0, 0.1) is 0 Å². The molecule has 3 nitrogen and oxygen atoms in total. The molecule has 0 spiro atoms. The zero-order valence-corrected chi connectivity index (χ0v) is 34.9. The fourth-order valence-corrected chi connectivity index (χ4v) is 9.46. The van der Waals surface area contributed by atoms with Gasteiger partial charge < -0.3 is 0 Å². The molecule has 0 saturated carbocycles. The van der Waals surface area contributed by atoms with Crippen LogP contribution in [0.3, 0.4) is 0 Å². The minimum atomic E-state index is 0.628. The SMILES string of the molecule is c1ccc(-c2ccc(-c3nc(-c4ccc5cc(-c6c7ccccc7c(-c7ccccc7)c7ccccc67)ccc5c4)nc(-c4ccc(-c5ccccc5)c5ccccc45)n3)cc2)cc1. The van der Waals surface area contributed by atoms with Crippen LogP contribution in [0.1, 0.15) is 0 Å². The molecule has 1 aromatic heterocycles. The molecule has 0 amide bonds. The second-order valence-corrected chi connectivity index (χ2v) is 16.3. The summed E-state index contributed by atoms with van der Waals surface area (Å²) in [4.78, 5) is 15.7. The summed E-state index contributed by atoms with van der Waals surface area (Å²) in [7, 11) is 0. The zero-order valence-electron chi connectivity index (χ0n) is 34.9. The first-order valence-electron chi connectivity index (χ1n) is 21.8. The van der Waals surface area contributed by atoms with Gasteiger partial charge in [0.1, 0.15) is 0 Å². The molecule has 64 heavy (non-hydrogen) atoms. The van der Waals surface area contributed by atoms with Crippen LogP contribution in [-0.2, 0) is 0 Å². The molecule has 0 N–H and O–H groups in total. The Balaban J connectivity index is 1.000. The molecule has 298 valence electrons. The molecule has 0 aliphatic rings. The van der Waals surface area contributed by atoms with E-state index in [2.05, 4.69) is 231 Å². The molecule has 11 aromatic carbocycles. The summed E-state index contributed by atoms with van der Waals surface area (Å²) < 4.78 is 0. The van der Waals surface area contributed by atoms with Gasteiger partial charge in [0, 0.05) is 16.7 Å². The second kappa shape index (κ2) is 15.7. The average Bonchev–Trinajstić information content (AvgIpc) is 3.38. The first-order chi connectivity index (χ1) is 31.7. The minimum absolute atomic E-state index is 0.628. The summed E-state index contributed by atoms with van der Waals surface area (Å²) in [5.74, 6) is 1.89. The number of fused-ring (bicyclic) bond motifs is 4. The molecule has 1 heterocycles. The molecule has 0 fully saturated rings. The van der Waals surface area contributed by atoms with E-state index in [0.29, 0.717) is 17.5 Å². The molecule has 0 atom stereocenters. The van der Waals surface area contributed by atoms with Crippen LogP contribution in [0.15, 0.2) is 237 Å². The van der Waals surface area contributed by atoms with E-state index in [1.54, 1.807) is 0 Å². The van der Waals surface area contributed by atoms with E-state index in [1.807, 2.05) is 6.07 Å². The molecule has 12 rings (SSSR count). The number of rotatable bonds is 7. The lowest BCUT2D eigenvalue weighted by molar-refractivity contribution is 1.08. The highest BCUT2D eigenvalue weighted by Crippen LogP contribution is 2.44. The van der Waals surface area contributed by atoms with Gasteiger partial charge in [-0.05, 0) is 106 Å². The third kappa shape index (κ3) is 6.59. The van der Waals surface area contributed by atoms with Crippen LogP contribution in [-0.4, -0.2) is 15.0 Å².